The molecule has 2 aromatic heterocycles. The highest BCUT2D eigenvalue weighted by Gasteiger charge is 2.20. The number of H-pyrrole nitrogens is 1. The molecule has 33 heavy (non-hydrogen) atoms. The van der Waals surface area contributed by atoms with Crippen LogP contribution in [0.15, 0.2) is 47.4 Å². The molecule has 7 nitrogen and oxygen atoms in total. The van der Waals surface area contributed by atoms with E-state index >= 15 is 0 Å². The van der Waals surface area contributed by atoms with Gasteiger partial charge in [-0.05, 0) is 66.7 Å². The Balaban J connectivity index is 1.69. The number of phenols is 2. The summed E-state index contributed by atoms with van der Waals surface area (Å²) < 4.78 is 3.70. The molecule has 0 spiro atoms. The number of aryl methyl sites for hydroxylation is 1. The van der Waals surface area contributed by atoms with Crippen molar-refractivity contribution in [2.45, 2.75) is 45.6 Å². The monoisotopic (exact) mass is 466 g/mol. The van der Waals surface area contributed by atoms with Crippen molar-refractivity contribution < 1.29 is 10.2 Å². The van der Waals surface area contributed by atoms with Crippen molar-refractivity contribution in [3.05, 3.63) is 58.6 Å². The molecule has 0 saturated heterocycles. The summed E-state index contributed by atoms with van der Waals surface area (Å²) in [5.74, 6) is 1.43. The maximum Gasteiger partial charge on any atom is 0.348 e. The van der Waals surface area contributed by atoms with Crippen molar-refractivity contribution in [3.63, 3.8) is 0 Å². The van der Waals surface area contributed by atoms with E-state index < -0.39 is 5.69 Å². The average Bonchev–Trinajstić information content (AvgIpc) is 3.36. The van der Waals surface area contributed by atoms with Crippen molar-refractivity contribution in [1.29, 1.82) is 0 Å². The topological polar surface area (TPSA) is 96.1 Å². The molecule has 4 rings (SSSR count). The van der Waals surface area contributed by atoms with Crippen LogP contribution in [0, 0.1) is 0 Å². The molecule has 0 fully saturated rings. The van der Waals surface area contributed by atoms with E-state index in [9.17, 15) is 15.0 Å². The van der Waals surface area contributed by atoms with Gasteiger partial charge in [-0.3, -0.25) is 0 Å². The summed E-state index contributed by atoms with van der Waals surface area (Å²) in [6.07, 6.45) is 7.80. The number of aromatic amines is 1. The minimum atomic E-state index is -0.392. The summed E-state index contributed by atoms with van der Waals surface area (Å²) in [6.45, 7) is 4.87. The van der Waals surface area contributed by atoms with Crippen LogP contribution in [0.2, 0.25) is 0 Å². The molecule has 0 aliphatic rings. The van der Waals surface area contributed by atoms with E-state index in [2.05, 4.69) is 33.3 Å². The van der Waals surface area contributed by atoms with Crippen molar-refractivity contribution in [3.8, 4) is 28.6 Å². The number of benzene rings is 2. The third-order valence-corrected chi connectivity index (χ3v) is 6.64. The van der Waals surface area contributed by atoms with Gasteiger partial charge in [-0.15, -0.1) is 0 Å². The highest BCUT2D eigenvalue weighted by molar-refractivity contribution is 7.98. The first-order chi connectivity index (χ1) is 15.9. The quantitative estimate of drug-likeness (QED) is 0.293. The van der Waals surface area contributed by atoms with Crippen LogP contribution in [-0.2, 0) is 6.54 Å². The number of hydrogen-bond donors (Lipinski definition) is 3. The maximum absolute atomic E-state index is 12.7. The van der Waals surface area contributed by atoms with Gasteiger partial charge in [0, 0.05) is 29.7 Å². The SMILES string of the molecule is CSCCCCCn1ccc2cc(-n3c(-c4cc(C(C)C)c(O)cc4O)n[nH]c3=O)ccc21. The number of nitrogens with one attached hydrogen (secondary N) is 1. The number of fused-ring (bicyclic) bond motifs is 1. The number of aromatic hydroxyl groups is 2. The zero-order chi connectivity index (χ0) is 23.5. The average molecular weight is 467 g/mol. The first-order valence-corrected chi connectivity index (χ1v) is 12.6. The molecule has 0 bridgehead atoms. The minimum Gasteiger partial charge on any atom is -0.508 e. The second-order valence-corrected chi connectivity index (χ2v) is 9.56. The Kier molecular flexibility index (Phi) is 6.83. The first-order valence-electron chi connectivity index (χ1n) is 11.2. The number of thioether (sulfide) groups is 1. The third-order valence-electron chi connectivity index (χ3n) is 5.94. The number of aromatic nitrogens is 4. The summed E-state index contributed by atoms with van der Waals surface area (Å²) in [5, 5.41) is 28.4. The molecule has 0 saturated carbocycles. The fourth-order valence-corrected chi connectivity index (χ4v) is 4.67. The first kappa shape index (κ1) is 23.0. The number of rotatable bonds is 9. The van der Waals surface area contributed by atoms with E-state index in [1.165, 1.54) is 29.2 Å². The number of hydrogen-bond acceptors (Lipinski definition) is 5. The maximum atomic E-state index is 12.7. The van der Waals surface area contributed by atoms with Gasteiger partial charge in [0.05, 0.1) is 11.3 Å². The van der Waals surface area contributed by atoms with Crippen molar-refractivity contribution in [2.24, 2.45) is 0 Å². The van der Waals surface area contributed by atoms with Crippen molar-refractivity contribution >= 4 is 22.7 Å². The molecule has 0 amide bonds. The van der Waals surface area contributed by atoms with Crippen LogP contribution in [0.25, 0.3) is 28.0 Å². The number of nitrogens with zero attached hydrogens (tertiary/aromatic N) is 3. The Morgan fingerprint density at radius 3 is 2.64 bits per heavy atom. The lowest BCUT2D eigenvalue weighted by Gasteiger charge is -2.13. The molecule has 0 aliphatic heterocycles. The summed E-state index contributed by atoms with van der Waals surface area (Å²) in [5.41, 5.74) is 2.45. The highest BCUT2D eigenvalue weighted by atomic mass is 32.2. The van der Waals surface area contributed by atoms with Crippen LogP contribution < -0.4 is 5.69 Å². The molecule has 8 heteroatoms. The second-order valence-electron chi connectivity index (χ2n) is 8.58. The predicted molar refractivity (Wildman–Crippen MR) is 135 cm³/mol. The molecular formula is C25H30N4O3S. The Labute approximate surface area is 197 Å². The van der Waals surface area contributed by atoms with Gasteiger partial charge in [0.15, 0.2) is 5.82 Å². The second kappa shape index (κ2) is 9.79. The Bertz CT molecular complexity index is 1320. The van der Waals surface area contributed by atoms with Gasteiger partial charge < -0.3 is 14.8 Å². The standard InChI is InChI=1S/C25H30N4O3S/c1-16(2)19-14-20(23(31)15-22(19)30)24-26-27-25(32)29(24)18-7-8-21-17(13-18)9-11-28(21)10-5-4-6-12-33-3/h7-9,11,13-16,30-31H,4-6,10,12H2,1-3H3,(H,27,32). The van der Waals surface area contributed by atoms with Gasteiger partial charge >= 0.3 is 5.69 Å². The molecule has 2 heterocycles. The predicted octanol–water partition coefficient (Wildman–Crippen LogP) is 5.25. The van der Waals surface area contributed by atoms with Gasteiger partial charge in [-0.1, -0.05) is 20.3 Å². The summed E-state index contributed by atoms with van der Waals surface area (Å²) >= 11 is 1.89. The number of phenolic OH excluding ortho intramolecular Hbond substituents is 2. The molecule has 0 aliphatic carbocycles. The Morgan fingerprint density at radius 2 is 1.88 bits per heavy atom. The number of unbranched alkanes of at least 4 members (excludes halogenated alkanes) is 2. The largest absolute Gasteiger partial charge is 0.508 e. The minimum absolute atomic E-state index is 0.0203. The smallest absolute Gasteiger partial charge is 0.348 e. The van der Waals surface area contributed by atoms with Crippen LogP contribution >= 0.6 is 11.8 Å². The lowest BCUT2D eigenvalue weighted by molar-refractivity contribution is 0.444. The lowest BCUT2D eigenvalue weighted by Crippen LogP contribution is -2.15. The summed E-state index contributed by atoms with van der Waals surface area (Å²) in [7, 11) is 0. The van der Waals surface area contributed by atoms with Gasteiger partial charge in [-0.25, -0.2) is 14.5 Å². The summed E-state index contributed by atoms with van der Waals surface area (Å²) in [4.78, 5) is 12.7. The Hall–Kier alpha value is -3.13. The van der Waals surface area contributed by atoms with Crippen LogP contribution in [0.5, 0.6) is 11.5 Å². The lowest BCUT2D eigenvalue weighted by atomic mass is 9.98. The Morgan fingerprint density at radius 1 is 1.06 bits per heavy atom. The third kappa shape index (κ3) is 4.66. The summed E-state index contributed by atoms with van der Waals surface area (Å²) in [6, 6.07) is 10.9. The van der Waals surface area contributed by atoms with E-state index in [0.717, 1.165) is 23.9 Å². The fraction of sp³-hybridized carbons (Fsp3) is 0.360. The zero-order valence-electron chi connectivity index (χ0n) is 19.2. The fourth-order valence-electron chi connectivity index (χ4n) is 4.18. The zero-order valence-corrected chi connectivity index (χ0v) is 20.0. The molecular weight excluding hydrogens is 436 g/mol. The van der Waals surface area contributed by atoms with Crippen LogP contribution in [-0.4, -0.2) is 41.6 Å². The molecule has 174 valence electrons. The highest BCUT2D eigenvalue weighted by Crippen LogP contribution is 2.37. The van der Waals surface area contributed by atoms with Crippen molar-refractivity contribution in [2.75, 3.05) is 12.0 Å². The van der Waals surface area contributed by atoms with Crippen molar-refractivity contribution in [1.82, 2.24) is 19.3 Å². The van der Waals surface area contributed by atoms with E-state index in [-0.39, 0.29) is 17.4 Å². The van der Waals surface area contributed by atoms with Gasteiger partial charge in [0.1, 0.15) is 11.5 Å². The van der Waals surface area contributed by atoms with E-state index in [1.807, 2.05) is 43.8 Å². The normalized spacial score (nSPS) is 11.6. The van der Waals surface area contributed by atoms with Crippen LogP contribution in [0.3, 0.4) is 0 Å². The molecule has 2 aromatic carbocycles. The van der Waals surface area contributed by atoms with Gasteiger partial charge in [0.25, 0.3) is 0 Å². The van der Waals surface area contributed by atoms with Gasteiger partial charge in [-0.2, -0.15) is 16.9 Å². The van der Waals surface area contributed by atoms with E-state index in [1.54, 1.807) is 6.07 Å². The van der Waals surface area contributed by atoms with Gasteiger partial charge in [0.2, 0.25) is 0 Å². The van der Waals surface area contributed by atoms with E-state index in [4.69, 9.17) is 0 Å². The molecule has 0 unspecified atom stereocenters. The van der Waals surface area contributed by atoms with Crippen LogP contribution in [0.1, 0.15) is 44.6 Å². The molecule has 0 atom stereocenters. The molecule has 3 N–H and O–H groups in total. The van der Waals surface area contributed by atoms with E-state index in [0.29, 0.717) is 22.6 Å². The molecule has 0 radical (unpaired) electrons. The van der Waals surface area contributed by atoms with Crippen LogP contribution in [0.4, 0.5) is 0 Å². The molecule has 4 aromatic rings.